The van der Waals surface area contributed by atoms with Crippen LogP contribution >= 0.6 is 12.2 Å². The summed E-state index contributed by atoms with van der Waals surface area (Å²) in [6.07, 6.45) is 2.61. The van der Waals surface area contributed by atoms with E-state index in [-0.39, 0.29) is 4.99 Å². The first-order valence-corrected chi connectivity index (χ1v) is 7.10. The number of aromatic nitrogens is 1. The minimum absolute atomic E-state index is 0.266. The van der Waals surface area contributed by atoms with E-state index >= 15 is 0 Å². The lowest BCUT2D eigenvalue weighted by Gasteiger charge is -2.13. The van der Waals surface area contributed by atoms with Crippen molar-refractivity contribution in [2.75, 3.05) is 7.11 Å². The summed E-state index contributed by atoms with van der Waals surface area (Å²) in [6.45, 7) is 2.43. The van der Waals surface area contributed by atoms with Gasteiger partial charge >= 0.3 is 0 Å². The van der Waals surface area contributed by atoms with Crippen LogP contribution < -0.4 is 15.2 Å². The van der Waals surface area contributed by atoms with E-state index < -0.39 is 0 Å². The number of pyridine rings is 1. The first kappa shape index (κ1) is 15.3. The molecule has 0 aliphatic carbocycles. The van der Waals surface area contributed by atoms with E-state index in [2.05, 4.69) is 11.9 Å². The minimum atomic E-state index is 0.266. The Kier molecular flexibility index (Phi) is 5.11. The number of ether oxygens (including phenoxy) is 2. The molecule has 0 aliphatic rings. The van der Waals surface area contributed by atoms with Crippen LogP contribution in [-0.2, 0) is 13.0 Å². The minimum Gasteiger partial charge on any atom is -0.493 e. The number of nitrogens with zero attached hydrogens (tertiary/aromatic N) is 1. The lowest BCUT2D eigenvalue weighted by molar-refractivity contribution is 0.284. The van der Waals surface area contributed by atoms with Gasteiger partial charge in [-0.3, -0.25) is 4.98 Å². The zero-order chi connectivity index (χ0) is 15.2. The summed E-state index contributed by atoms with van der Waals surface area (Å²) in [7, 11) is 1.63. The van der Waals surface area contributed by atoms with Crippen molar-refractivity contribution in [2.45, 2.75) is 20.0 Å². The van der Waals surface area contributed by atoms with Gasteiger partial charge in [-0.1, -0.05) is 31.3 Å². The van der Waals surface area contributed by atoms with Crippen LogP contribution in [0.15, 0.2) is 36.5 Å². The summed E-state index contributed by atoms with van der Waals surface area (Å²) in [5.74, 6) is 1.41. The van der Waals surface area contributed by atoms with Crippen molar-refractivity contribution in [3.05, 3.63) is 53.3 Å². The van der Waals surface area contributed by atoms with Gasteiger partial charge in [-0.15, -0.1) is 0 Å². The molecule has 0 spiro atoms. The number of aryl methyl sites for hydroxylation is 1. The summed E-state index contributed by atoms with van der Waals surface area (Å²) in [6, 6.07) is 9.64. The van der Waals surface area contributed by atoms with Gasteiger partial charge in [0.05, 0.1) is 7.11 Å². The van der Waals surface area contributed by atoms with Crippen LogP contribution in [0.5, 0.6) is 11.5 Å². The van der Waals surface area contributed by atoms with Crippen LogP contribution in [0.25, 0.3) is 0 Å². The van der Waals surface area contributed by atoms with E-state index in [9.17, 15) is 0 Å². The average molecular weight is 302 g/mol. The number of nitrogens with two attached hydrogens (primary N) is 1. The molecule has 0 bridgehead atoms. The molecule has 0 radical (unpaired) electrons. The van der Waals surface area contributed by atoms with E-state index in [4.69, 9.17) is 27.4 Å². The fourth-order valence-electron chi connectivity index (χ4n) is 1.98. The molecule has 0 fully saturated rings. The van der Waals surface area contributed by atoms with E-state index in [0.29, 0.717) is 18.1 Å². The Balaban J connectivity index is 2.19. The Hall–Kier alpha value is -2.14. The van der Waals surface area contributed by atoms with Crippen molar-refractivity contribution in [1.29, 1.82) is 0 Å². The maximum atomic E-state index is 5.82. The maximum Gasteiger partial charge on any atom is 0.161 e. The van der Waals surface area contributed by atoms with Crippen LogP contribution in [0.3, 0.4) is 0 Å². The second kappa shape index (κ2) is 7.04. The summed E-state index contributed by atoms with van der Waals surface area (Å²) in [5.41, 5.74) is 8.31. The highest BCUT2D eigenvalue weighted by atomic mass is 32.1. The fraction of sp³-hybridized carbons (Fsp3) is 0.250. The molecule has 0 aliphatic heterocycles. The Labute approximate surface area is 129 Å². The first-order valence-electron chi connectivity index (χ1n) is 6.69. The highest BCUT2D eigenvalue weighted by Crippen LogP contribution is 2.29. The number of benzene rings is 1. The maximum absolute atomic E-state index is 5.82. The molecule has 0 unspecified atom stereocenters. The Bertz CT molecular complexity index is 644. The van der Waals surface area contributed by atoms with E-state index in [1.165, 1.54) is 5.56 Å². The monoisotopic (exact) mass is 302 g/mol. The molecule has 0 saturated carbocycles. The smallest absolute Gasteiger partial charge is 0.161 e. The van der Waals surface area contributed by atoms with E-state index in [1.54, 1.807) is 13.3 Å². The lowest BCUT2D eigenvalue weighted by Crippen LogP contribution is -2.15. The third-order valence-electron chi connectivity index (χ3n) is 3.14. The standard InChI is InChI=1S/C16H18N2O2S/c1-3-11-6-7-13(14(9-11)19-2)20-10-12-5-4-8-18-15(12)16(17)21/h4-9H,3,10H2,1-2H3,(H2,17,21). The molecule has 1 heterocycles. The molecular weight excluding hydrogens is 284 g/mol. The van der Waals surface area contributed by atoms with Gasteiger partial charge in [0.1, 0.15) is 17.3 Å². The third kappa shape index (κ3) is 3.70. The lowest BCUT2D eigenvalue weighted by atomic mass is 10.1. The van der Waals surface area contributed by atoms with Crippen molar-refractivity contribution in [2.24, 2.45) is 5.73 Å². The number of hydrogen-bond acceptors (Lipinski definition) is 4. The molecule has 1 aromatic carbocycles. The summed E-state index contributed by atoms with van der Waals surface area (Å²) in [4.78, 5) is 4.45. The molecule has 4 nitrogen and oxygen atoms in total. The topological polar surface area (TPSA) is 57.4 Å². The summed E-state index contributed by atoms with van der Waals surface area (Å²) < 4.78 is 11.2. The highest BCUT2D eigenvalue weighted by molar-refractivity contribution is 7.80. The summed E-state index contributed by atoms with van der Waals surface area (Å²) in [5, 5.41) is 0. The molecule has 2 N–H and O–H groups in total. The van der Waals surface area contributed by atoms with Crippen molar-refractivity contribution < 1.29 is 9.47 Å². The van der Waals surface area contributed by atoms with Gasteiger partial charge in [0, 0.05) is 11.8 Å². The van der Waals surface area contributed by atoms with Crippen LogP contribution in [0.4, 0.5) is 0 Å². The first-order chi connectivity index (χ1) is 10.2. The number of hydrogen-bond donors (Lipinski definition) is 1. The number of methoxy groups -OCH3 is 1. The highest BCUT2D eigenvalue weighted by Gasteiger charge is 2.09. The van der Waals surface area contributed by atoms with E-state index in [0.717, 1.165) is 17.7 Å². The number of thiocarbonyl (C=S) groups is 1. The molecule has 0 saturated heterocycles. The Morgan fingerprint density at radius 3 is 2.76 bits per heavy atom. The second-order valence-corrected chi connectivity index (χ2v) is 4.94. The molecule has 21 heavy (non-hydrogen) atoms. The van der Waals surface area contributed by atoms with Gasteiger partial charge in [0.2, 0.25) is 0 Å². The van der Waals surface area contributed by atoms with Gasteiger partial charge in [-0.05, 0) is 30.2 Å². The summed E-state index contributed by atoms with van der Waals surface area (Å²) >= 11 is 5.00. The molecule has 0 amide bonds. The van der Waals surface area contributed by atoms with E-state index in [1.807, 2.05) is 30.3 Å². The van der Waals surface area contributed by atoms with Gasteiger partial charge < -0.3 is 15.2 Å². The normalized spacial score (nSPS) is 10.2. The molecule has 2 rings (SSSR count). The molecule has 110 valence electrons. The van der Waals surface area contributed by atoms with Gasteiger partial charge in [-0.2, -0.15) is 0 Å². The zero-order valence-corrected chi connectivity index (χ0v) is 12.9. The number of rotatable bonds is 6. The van der Waals surface area contributed by atoms with Crippen molar-refractivity contribution in [3.8, 4) is 11.5 Å². The molecule has 2 aromatic rings. The van der Waals surface area contributed by atoms with Crippen molar-refractivity contribution in [3.63, 3.8) is 0 Å². The predicted octanol–water partition coefficient (Wildman–Crippen LogP) is 2.87. The van der Waals surface area contributed by atoms with Gasteiger partial charge in [0.15, 0.2) is 11.5 Å². The molecule has 1 aromatic heterocycles. The largest absolute Gasteiger partial charge is 0.493 e. The van der Waals surface area contributed by atoms with Gasteiger partial charge in [-0.25, -0.2) is 0 Å². The predicted molar refractivity (Wildman–Crippen MR) is 86.8 cm³/mol. The molecule has 5 heteroatoms. The fourth-order valence-corrected chi connectivity index (χ4v) is 2.17. The van der Waals surface area contributed by atoms with Crippen molar-refractivity contribution >= 4 is 17.2 Å². The average Bonchev–Trinajstić information content (AvgIpc) is 2.52. The second-order valence-electron chi connectivity index (χ2n) is 4.50. The quantitative estimate of drug-likeness (QED) is 0.832. The SMILES string of the molecule is CCc1ccc(OCc2cccnc2C(N)=S)c(OC)c1. The van der Waals surface area contributed by atoms with Crippen LogP contribution in [0.2, 0.25) is 0 Å². The molecular formula is C16H18N2O2S. The molecule has 0 atom stereocenters. The van der Waals surface area contributed by atoms with Crippen LogP contribution in [-0.4, -0.2) is 17.1 Å². The zero-order valence-electron chi connectivity index (χ0n) is 12.1. The van der Waals surface area contributed by atoms with Crippen LogP contribution in [0, 0.1) is 0 Å². The van der Waals surface area contributed by atoms with Gasteiger partial charge in [0.25, 0.3) is 0 Å². The van der Waals surface area contributed by atoms with Crippen molar-refractivity contribution in [1.82, 2.24) is 4.98 Å². The Morgan fingerprint density at radius 2 is 2.10 bits per heavy atom. The van der Waals surface area contributed by atoms with Crippen LogP contribution in [0.1, 0.15) is 23.7 Å². The Morgan fingerprint density at radius 1 is 1.29 bits per heavy atom. The third-order valence-corrected chi connectivity index (χ3v) is 3.34.